The summed E-state index contributed by atoms with van der Waals surface area (Å²) in [6.45, 7) is 9.26. The van der Waals surface area contributed by atoms with Gasteiger partial charge in [-0.1, -0.05) is 13.0 Å². The molecule has 0 amide bonds. The van der Waals surface area contributed by atoms with E-state index in [1.54, 1.807) is 0 Å². The number of nitrogens with one attached hydrogen (secondary N) is 1. The molecule has 0 unspecified atom stereocenters. The summed E-state index contributed by atoms with van der Waals surface area (Å²) in [7, 11) is 2.13. The molecule has 0 aromatic carbocycles. The van der Waals surface area contributed by atoms with Gasteiger partial charge in [0.2, 0.25) is 0 Å². The highest BCUT2D eigenvalue weighted by molar-refractivity contribution is 5.11. The van der Waals surface area contributed by atoms with Gasteiger partial charge in [0.05, 0.1) is 11.4 Å². The van der Waals surface area contributed by atoms with Gasteiger partial charge < -0.3 is 5.32 Å². The van der Waals surface area contributed by atoms with E-state index in [2.05, 4.69) is 61.2 Å². The van der Waals surface area contributed by atoms with Crippen LogP contribution in [0.3, 0.4) is 0 Å². The van der Waals surface area contributed by atoms with Crippen LogP contribution in [-0.2, 0) is 13.1 Å². The molecule has 1 heterocycles. The minimum atomic E-state index is 0.555. The molecule has 0 fully saturated rings. The van der Waals surface area contributed by atoms with E-state index in [1.165, 1.54) is 0 Å². The minimum absolute atomic E-state index is 0.555. The molecule has 3 nitrogen and oxygen atoms in total. The first kappa shape index (κ1) is 13.1. The van der Waals surface area contributed by atoms with Gasteiger partial charge >= 0.3 is 0 Å². The van der Waals surface area contributed by atoms with E-state index in [4.69, 9.17) is 0 Å². The van der Waals surface area contributed by atoms with Crippen LogP contribution in [0.1, 0.15) is 32.2 Å². The molecule has 16 heavy (non-hydrogen) atoms. The number of hydrogen-bond donors (Lipinski definition) is 1. The van der Waals surface area contributed by atoms with Crippen LogP contribution in [0.4, 0.5) is 0 Å². The standard InChI is InChI=1S/C13H23N3/c1-5-14-9-12-7-6-8-13(15-12)10-16(4)11(2)3/h6-8,11,14H,5,9-10H2,1-4H3. The maximum absolute atomic E-state index is 4.63. The molecule has 0 aliphatic carbocycles. The maximum Gasteiger partial charge on any atom is 0.0547 e. The molecular formula is C13H23N3. The van der Waals surface area contributed by atoms with Gasteiger partial charge in [0.1, 0.15) is 0 Å². The lowest BCUT2D eigenvalue weighted by molar-refractivity contribution is 0.262. The molecule has 90 valence electrons. The number of aromatic nitrogens is 1. The summed E-state index contributed by atoms with van der Waals surface area (Å²) in [5, 5.41) is 3.29. The number of pyridine rings is 1. The molecule has 1 N–H and O–H groups in total. The zero-order chi connectivity index (χ0) is 12.0. The van der Waals surface area contributed by atoms with E-state index in [0.717, 1.165) is 31.0 Å². The Labute approximate surface area is 98.9 Å². The van der Waals surface area contributed by atoms with Crippen LogP contribution in [0.2, 0.25) is 0 Å². The second kappa shape index (κ2) is 6.61. The summed E-state index contributed by atoms with van der Waals surface area (Å²) in [6, 6.07) is 6.80. The molecule has 0 spiro atoms. The van der Waals surface area contributed by atoms with E-state index in [1.807, 2.05) is 0 Å². The Hall–Kier alpha value is -0.930. The monoisotopic (exact) mass is 221 g/mol. The molecule has 0 radical (unpaired) electrons. The third kappa shape index (κ3) is 4.29. The van der Waals surface area contributed by atoms with Crippen molar-refractivity contribution in [1.29, 1.82) is 0 Å². The highest BCUT2D eigenvalue weighted by atomic mass is 15.1. The van der Waals surface area contributed by atoms with E-state index in [-0.39, 0.29) is 0 Å². The lowest BCUT2D eigenvalue weighted by atomic mass is 10.2. The molecule has 1 aromatic heterocycles. The summed E-state index contributed by atoms with van der Waals surface area (Å²) >= 11 is 0. The van der Waals surface area contributed by atoms with Crippen molar-refractivity contribution in [2.45, 2.75) is 39.9 Å². The highest BCUT2D eigenvalue weighted by Crippen LogP contribution is 2.05. The van der Waals surface area contributed by atoms with Crippen molar-refractivity contribution in [1.82, 2.24) is 15.2 Å². The maximum atomic E-state index is 4.63. The van der Waals surface area contributed by atoms with E-state index >= 15 is 0 Å². The van der Waals surface area contributed by atoms with Crippen molar-refractivity contribution in [3.8, 4) is 0 Å². The Kier molecular flexibility index (Phi) is 5.43. The van der Waals surface area contributed by atoms with Crippen molar-refractivity contribution in [3.63, 3.8) is 0 Å². The Morgan fingerprint density at radius 2 is 2.00 bits per heavy atom. The number of hydrogen-bond acceptors (Lipinski definition) is 3. The van der Waals surface area contributed by atoms with Crippen LogP contribution < -0.4 is 5.32 Å². The first-order chi connectivity index (χ1) is 7.63. The second-order valence-electron chi connectivity index (χ2n) is 4.41. The second-order valence-corrected chi connectivity index (χ2v) is 4.41. The molecule has 0 bridgehead atoms. The van der Waals surface area contributed by atoms with Crippen LogP contribution in [-0.4, -0.2) is 29.5 Å². The first-order valence-electron chi connectivity index (χ1n) is 5.99. The number of rotatable bonds is 6. The van der Waals surface area contributed by atoms with Crippen molar-refractivity contribution in [3.05, 3.63) is 29.6 Å². The molecule has 3 heteroatoms. The van der Waals surface area contributed by atoms with Crippen LogP contribution >= 0.6 is 0 Å². The van der Waals surface area contributed by atoms with Gasteiger partial charge in [-0.05, 0) is 39.6 Å². The summed E-state index contributed by atoms with van der Waals surface area (Å²) in [6.07, 6.45) is 0. The number of nitrogens with zero attached hydrogens (tertiary/aromatic N) is 2. The fourth-order valence-corrected chi connectivity index (χ4v) is 1.41. The normalized spacial score (nSPS) is 11.4. The van der Waals surface area contributed by atoms with E-state index in [0.29, 0.717) is 6.04 Å². The Morgan fingerprint density at radius 1 is 1.31 bits per heavy atom. The Morgan fingerprint density at radius 3 is 2.62 bits per heavy atom. The summed E-state index contributed by atoms with van der Waals surface area (Å²) in [5.74, 6) is 0. The van der Waals surface area contributed by atoms with Gasteiger partial charge in [-0.15, -0.1) is 0 Å². The zero-order valence-corrected chi connectivity index (χ0v) is 10.8. The smallest absolute Gasteiger partial charge is 0.0547 e. The lowest BCUT2D eigenvalue weighted by Crippen LogP contribution is -2.26. The minimum Gasteiger partial charge on any atom is -0.311 e. The van der Waals surface area contributed by atoms with E-state index < -0.39 is 0 Å². The molecule has 1 aromatic rings. The van der Waals surface area contributed by atoms with Crippen molar-refractivity contribution in [2.75, 3.05) is 13.6 Å². The Balaban J connectivity index is 2.59. The summed E-state index contributed by atoms with van der Waals surface area (Å²) < 4.78 is 0. The van der Waals surface area contributed by atoms with Gasteiger partial charge in [0, 0.05) is 19.1 Å². The van der Waals surface area contributed by atoms with Crippen LogP contribution in [0, 0.1) is 0 Å². The average Bonchev–Trinajstić information content (AvgIpc) is 2.26. The van der Waals surface area contributed by atoms with Crippen LogP contribution in [0.25, 0.3) is 0 Å². The van der Waals surface area contributed by atoms with Crippen molar-refractivity contribution < 1.29 is 0 Å². The van der Waals surface area contributed by atoms with Crippen LogP contribution in [0.5, 0.6) is 0 Å². The van der Waals surface area contributed by atoms with E-state index in [9.17, 15) is 0 Å². The molecule has 0 saturated heterocycles. The van der Waals surface area contributed by atoms with Gasteiger partial charge in [-0.2, -0.15) is 0 Å². The Bertz CT molecular complexity index is 310. The van der Waals surface area contributed by atoms with Crippen LogP contribution in [0.15, 0.2) is 18.2 Å². The van der Waals surface area contributed by atoms with Crippen molar-refractivity contribution in [2.24, 2.45) is 0 Å². The molecule has 0 aliphatic heterocycles. The topological polar surface area (TPSA) is 28.2 Å². The fourth-order valence-electron chi connectivity index (χ4n) is 1.41. The molecule has 0 atom stereocenters. The lowest BCUT2D eigenvalue weighted by Gasteiger charge is -2.20. The van der Waals surface area contributed by atoms with Gasteiger partial charge in [0.25, 0.3) is 0 Å². The van der Waals surface area contributed by atoms with Crippen molar-refractivity contribution >= 4 is 0 Å². The third-order valence-electron chi connectivity index (χ3n) is 2.71. The average molecular weight is 221 g/mol. The molecule has 0 saturated carbocycles. The summed E-state index contributed by atoms with van der Waals surface area (Å²) in [4.78, 5) is 6.92. The molecular weight excluding hydrogens is 198 g/mol. The van der Waals surface area contributed by atoms with Gasteiger partial charge in [-0.3, -0.25) is 9.88 Å². The highest BCUT2D eigenvalue weighted by Gasteiger charge is 2.05. The molecule has 1 rings (SSSR count). The quantitative estimate of drug-likeness (QED) is 0.796. The predicted molar refractivity (Wildman–Crippen MR) is 68.2 cm³/mol. The first-order valence-corrected chi connectivity index (χ1v) is 5.99. The molecule has 0 aliphatic rings. The predicted octanol–water partition coefficient (Wildman–Crippen LogP) is 2.03. The van der Waals surface area contributed by atoms with Gasteiger partial charge in [-0.25, -0.2) is 0 Å². The summed E-state index contributed by atoms with van der Waals surface area (Å²) in [5.41, 5.74) is 2.27. The SMILES string of the molecule is CCNCc1cccc(CN(C)C(C)C)n1. The van der Waals surface area contributed by atoms with Gasteiger partial charge in [0.15, 0.2) is 0 Å². The third-order valence-corrected chi connectivity index (χ3v) is 2.71. The zero-order valence-electron chi connectivity index (χ0n) is 10.8. The largest absolute Gasteiger partial charge is 0.311 e. The fraction of sp³-hybridized carbons (Fsp3) is 0.615.